The fraction of sp³-hybridized carbons (Fsp3) is 0.0714. The number of thiazole rings is 1. The molecule has 0 aliphatic heterocycles. The summed E-state index contributed by atoms with van der Waals surface area (Å²) in [7, 11) is 0. The minimum atomic E-state index is -0.511. The van der Waals surface area contributed by atoms with Gasteiger partial charge in [0.2, 0.25) is 5.91 Å². The maximum absolute atomic E-state index is 11.7. The predicted molar refractivity (Wildman–Crippen MR) is 89.7 cm³/mol. The summed E-state index contributed by atoms with van der Waals surface area (Å²) in [6, 6.07) is 8.56. The Morgan fingerprint density at radius 1 is 1.30 bits per heavy atom. The van der Waals surface area contributed by atoms with Crippen LogP contribution in [-0.2, 0) is 4.79 Å². The molecule has 9 heteroatoms. The number of carbonyl (C=O) groups excluding carboxylic acids is 2. The van der Waals surface area contributed by atoms with E-state index in [1.807, 2.05) is 6.07 Å². The maximum atomic E-state index is 11.7. The summed E-state index contributed by atoms with van der Waals surface area (Å²) < 4.78 is 6.67. The highest BCUT2D eigenvalue weighted by molar-refractivity contribution is 8.01. The Morgan fingerprint density at radius 3 is 2.96 bits per heavy atom. The SMILES string of the molecule is O=C(CSc1nc2cc(Cl)ccc2s1)NNC(=O)c1ccco1. The van der Waals surface area contributed by atoms with Crippen LogP contribution in [0.5, 0.6) is 0 Å². The molecule has 0 spiro atoms. The Morgan fingerprint density at radius 2 is 2.17 bits per heavy atom. The number of furan rings is 1. The number of nitrogens with one attached hydrogen (secondary N) is 2. The van der Waals surface area contributed by atoms with Crippen molar-refractivity contribution in [3.8, 4) is 0 Å². The molecular formula is C14H10ClN3O3S2. The molecule has 2 amide bonds. The molecule has 0 aliphatic carbocycles. The molecule has 1 aromatic carbocycles. The average molecular weight is 368 g/mol. The van der Waals surface area contributed by atoms with E-state index in [9.17, 15) is 9.59 Å². The van der Waals surface area contributed by atoms with Crippen molar-refractivity contribution in [1.29, 1.82) is 0 Å². The van der Waals surface area contributed by atoms with Gasteiger partial charge in [0, 0.05) is 5.02 Å². The van der Waals surface area contributed by atoms with Gasteiger partial charge in [0.1, 0.15) is 0 Å². The lowest BCUT2D eigenvalue weighted by atomic mass is 10.3. The summed E-state index contributed by atoms with van der Waals surface area (Å²) in [5.41, 5.74) is 5.40. The van der Waals surface area contributed by atoms with E-state index in [-0.39, 0.29) is 17.4 Å². The van der Waals surface area contributed by atoms with Gasteiger partial charge in [-0.1, -0.05) is 23.4 Å². The van der Waals surface area contributed by atoms with Gasteiger partial charge < -0.3 is 4.42 Å². The molecule has 0 saturated heterocycles. The predicted octanol–water partition coefficient (Wildman–Crippen LogP) is 3.10. The van der Waals surface area contributed by atoms with E-state index in [1.165, 1.54) is 35.4 Å². The van der Waals surface area contributed by atoms with Crippen molar-refractivity contribution >= 4 is 56.7 Å². The Kier molecular flexibility index (Phi) is 4.85. The van der Waals surface area contributed by atoms with Crippen molar-refractivity contribution in [3.63, 3.8) is 0 Å². The molecule has 2 heterocycles. The van der Waals surface area contributed by atoms with Crippen LogP contribution in [0.2, 0.25) is 5.02 Å². The lowest BCUT2D eigenvalue weighted by Gasteiger charge is -2.04. The van der Waals surface area contributed by atoms with Crippen LogP contribution in [0.15, 0.2) is 45.4 Å². The van der Waals surface area contributed by atoms with Crippen molar-refractivity contribution in [2.45, 2.75) is 4.34 Å². The molecule has 0 bridgehead atoms. The number of halogens is 1. The van der Waals surface area contributed by atoms with Gasteiger partial charge in [-0.15, -0.1) is 11.3 Å². The topological polar surface area (TPSA) is 84.2 Å². The zero-order valence-electron chi connectivity index (χ0n) is 11.5. The number of fused-ring (bicyclic) bond motifs is 1. The fourth-order valence-corrected chi connectivity index (χ4v) is 3.72. The van der Waals surface area contributed by atoms with E-state index in [0.717, 1.165) is 14.6 Å². The minimum absolute atomic E-state index is 0.126. The highest BCUT2D eigenvalue weighted by atomic mass is 35.5. The molecule has 0 unspecified atom stereocenters. The lowest BCUT2D eigenvalue weighted by Crippen LogP contribution is -2.42. The Hall–Kier alpha value is -2.03. The third kappa shape index (κ3) is 4.04. The van der Waals surface area contributed by atoms with Gasteiger partial charge in [-0.05, 0) is 30.3 Å². The molecule has 6 nitrogen and oxygen atoms in total. The summed E-state index contributed by atoms with van der Waals surface area (Å²) in [6.07, 6.45) is 1.38. The van der Waals surface area contributed by atoms with E-state index in [0.29, 0.717) is 5.02 Å². The maximum Gasteiger partial charge on any atom is 0.305 e. The number of benzene rings is 1. The van der Waals surface area contributed by atoms with E-state index in [4.69, 9.17) is 16.0 Å². The number of hydrogen-bond acceptors (Lipinski definition) is 6. The first-order valence-corrected chi connectivity index (χ1v) is 8.61. The number of amides is 2. The first-order chi connectivity index (χ1) is 11.1. The summed E-state index contributed by atoms with van der Waals surface area (Å²) in [5.74, 6) is -0.595. The highest BCUT2D eigenvalue weighted by Gasteiger charge is 2.11. The van der Waals surface area contributed by atoms with Crippen molar-refractivity contribution in [3.05, 3.63) is 47.4 Å². The number of hydrogen-bond donors (Lipinski definition) is 2. The molecule has 0 fully saturated rings. The molecule has 2 N–H and O–H groups in total. The summed E-state index contributed by atoms with van der Waals surface area (Å²) in [4.78, 5) is 27.7. The van der Waals surface area contributed by atoms with Crippen molar-refractivity contribution in [1.82, 2.24) is 15.8 Å². The quantitative estimate of drug-likeness (QED) is 0.546. The molecule has 0 saturated carbocycles. The molecule has 2 aromatic heterocycles. The van der Waals surface area contributed by atoms with Gasteiger partial charge in [0.05, 0.1) is 22.2 Å². The highest BCUT2D eigenvalue weighted by Crippen LogP contribution is 2.30. The van der Waals surface area contributed by atoms with Crippen molar-refractivity contribution in [2.75, 3.05) is 5.75 Å². The van der Waals surface area contributed by atoms with Crippen molar-refractivity contribution < 1.29 is 14.0 Å². The monoisotopic (exact) mass is 367 g/mol. The molecule has 0 aliphatic rings. The average Bonchev–Trinajstić information content (AvgIpc) is 3.19. The van der Waals surface area contributed by atoms with Crippen LogP contribution in [0.3, 0.4) is 0 Å². The Bertz CT molecular complexity index is 848. The molecule has 0 atom stereocenters. The number of carbonyl (C=O) groups is 2. The van der Waals surface area contributed by atoms with Gasteiger partial charge in [-0.2, -0.15) is 0 Å². The standard InChI is InChI=1S/C14H10ClN3O3S2/c15-8-3-4-11-9(6-8)16-14(23-11)22-7-12(19)17-18-13(20)10-2-1-5-21-10/h1-6H,7H2,(H,17,19)(H,18,20). The van der Waals surface area contributed by atoms with Gasteiger partial charge in [-0.3, -0.25) is 20.4 Å². The second-order valence-corrected chi connectivity index (χ2v) is 7.05. The fourth-order valence-electron chi connectivity index (χ4n) is 1.70. The second-order valence-electron chi connectivity index (χ2n) is 4.36. The Balaban J connectivity index is 1.51. The summed E-state index contributed by atoms with van der Waals surface area (Å²) in [6.45, 7) is 0. The van der Waals surface area contributed by atoms with Crippen LogP contribution >= 0.6 is 34.7 Å². The number of thioether (sulfide) groups is 1. The largest absolute Gasteiger partial charge is 0.459 e. The lowest BCUT2D eigenvalue weighted by molar-refractivity contribution is -0.119. The molecular weight excluding hydrogens is 358 g/mol. The van der Waals surface area contributed by atoms with Crippen LogP contribution in [0, 0.1) is 0 Å². The number of rotatable bonds is 4. The normalized spacial score (nSPS) is 10.7. The zero-order chi connectivity index (χ0) is 16.2. The molecule has 0 radical (unpaired) electrons. The minimum Gasteiger partial charge on any atom is -0.459 e. The van der Waals surface area contributed by atoms with E-state index in [2.05, 4.69) is 15.8 Å². The van der Waals surface area contributed by atoms with Gasteiger partial charge in [-0.25, -0.2) is 4.98 Å². The van der Waals surface area contributed by atoms with Crippen molar-refractivity contribution in [2.24, 2.45) is 0 Å². The third-order valence-corrected chi connectivity index (χ3v) is 5.13. The van der Waals surface area contributed by atoms with Gasteiger partial charge in [0.15, 0.2) is 10.1 Å². The van der Waals surface area contributed by atoms with Gasteiger partial charge >= 0.3 is 5.91 Å². The number of hydrazine groups is 1. The first kappa shape index (κ1) is 15.9. The number of aromatic nitrogens is 1. The van der Waals surface area contributed by atoms with Crippen LogP contribution in [0.25, 0.3) is 10.2 Å². The Labute approximate surface area is 144 Å². The van der Waals surface area contributed by atoms with Crippen LogP contribution in [0.4, 0.5) is 0 Å². The first-order valence-electron chi connectivity index (χ1n) is 6.43. The number of nitrogens with zero attached hydrogens (tertiary/aromatic N) is 1. The van der Waals surface area contributed by atoms with Crippen LogP contribution < -0.4 is 10.9 Å². The van der Waals surface area contributed by atoms with E-state index < -0.39 is 5.91 Å². The van der Waals surface area contributed by atoms with Gasteiger partial charge in [0.25, 0.3) is 0 Å². The molecule has 3 rings (SSSR count). The summed E-state index contributed by atoms with van der Waals surface area (Å²) in [5, 5.41) is 0.623. The third-order valence-electron chi connectivity index (χ3n) is 2.72. The summed E-state index contributed by atoms with van der Waals surface area (Å²) >= 11 is 8.68. The van der Waals surface area contributed by atoms with Crippen LogP contribution in [-0.4, -0.2) is 22.6 Å². The van der Waals surface area contributed by atoms with E-state index in [1.54, 1.807) is 18.2 Å². The molecule has 3 aromatic rings. The molecule has 118 valence electrons. The van der Waals surface area contributed by atoms with Crippen LogP contribution in [0.1, 0.15) is 10.6 Å². The van der Waals surface area contributed by atoms with E-state index >= 15 is 0 Å². The second kappa shape index (κ2) is 7.03. The molecule has 23 heavy (non-hydrogen) atoms. The zero-order valence-corrected chi connectivity index (χ0v) is 13.9. The smallest absolute Gasteiger partial charge is 0.305 e.